The van der Waals surface area contributed by atoms with E-state index < -0.39 is 8.24 Å². The van der Waals surface area contributed by atoms with Crippen molar-refractivity contribution < 1.29 is 0 Å². The van der Waals surface area contributed by atoms with Crippen LogP contribution < -0.4 is 0 Å². The zero-order valence-corrected chi connectivity index (χ0v) is 10.7. The van der Waals surface area contributed by atoms with Gasteiger partial charge in [-0.3, -0.25) is 0 Å². The monoisotopic (exact) mass is 208 g/mol. The van der Waals surface area contributed by atoms with Crippen molar-refractivity contribution in [1.29, 1.82) is 0 Å². The molecule has 0 amide bonds. The quantitative estimate of drug-likeness (QED) is 0.649. The molecule has 0 bridgehead atoms. The fraction of sp³-hybridized carbons (Fsp3) is 0.727. The van der Waals surface area contributed by atoms with E-state index in [1.165, 1.54) is 30.5 Å². The van der Waals surface area contributed by atoms with E-state index >= 15 is 0 Å². The molecule has 14 heavy (non-hydrogen) atoms. The molecule has 1 aliphatic carbocycles. The third-order valence-electron chi connectivity index (χ3n) is 3.01. The molecular formula is C11H20N2Si. The molecule has 2 nitrogen and oxygen atoms in total. The summed E-state index contributed by atoms with van der Waals surface area (Å²) in [6.45, 7) is 9.36. The highest BCUT2D eigenvalue weighted by Crippen LogP contribution is 2.24. The number of nitrogens with zero attached hydrogens (tertiary/aromatic N) is 2. The molecule has 0 spiro atoms. The fourth-order valence-corrected chi connectivity index (χ4v) is 2.97. The van der Waals surface area contributed by atoms with Gasteiger partial charge in [0.25, 0.3) is 0 Å². The molecule has 0 fully saturated rings. The van der Waals surface area contributed by atoms with Crippen molar-refractivity contribution in [3.8, 4) is 0 Å². The Bertz CT molecular complexity index is 336. The third kappa shape index (κ3) is 1.78. The summed E-state index contributed by atoms with van der Waals surface area (Å²) in [4.78, 5) is 0. The molecule has 1 aliphatic rings. The van der Waals surface area contributed by atoms with E-state index in [0.717, 1.165) is 5.92 Å². The highest BCUT2D eigenvalue weighted by atomic mass is 28.3. The first-order chi connectivity index (χ1) is 6.47. The summed E-state index contributed by atoms with van der Waals surface area (Å²) >= 11 is 0. The SMILES string of the molecule is CC1CCc2cn([Si](C)(C)C)nc2C1. The molecule has 0 saturated heterocycles. The van der Waals surface area contributed by atoms with Crippen LogP contribution in [0.25, 0.3) is 0 Å². The third-order valence-corrected chi connectivity index (χ3v) is 4.62. The van der Waals surface area contributed by atoms with E-state index in [-0.39, 0.29) is 0 Å². The van der Waals surface area contributed by atoms with Gasteiger partial charge >= 0.3 is 0 Å². The van der Waals surface area contributed by atoms with Crippen LogP contribution >= 0.6 is 0 Å². The van der Waals surface area contributed by atoms with Crippen LogP contribution in [0.15, 0.2) is 6.20 Å². The van der Waals surface area contributed by atoms with Crippen molar-refractivity contribution in [2.24, 2.45) is 5.92 Å². The summed E-state index contributed by atoms with van der Waals surface area (Å²) in [6, 6.07) is 0. The van der Waals surface area contributed by atoms with Crippen LogP contribution in [0, 0.1) is 5.92 Å². The van der Waals surface area contributed by atoms with Crippen LogP contribution in [0.3, 0.4) is 0 Å². The van der Waals surface area contributed by atoms with Gasteiger partial charge in [-0.15, -0.1) is 0 Å². The van der Waals surface area contributed by atoms with Gasteiger partial charge in [0.2, 0.25) is 0 Å². The van der Waals surface area contributed by atoms with Gasteiger partial charge in [0, 0.05) is 6.20 Å². The van der Waals surface area contributed by atoms with Crippen LogP contribution in [0.2, 0.25) is 19.6 Å². The molecule has 3 heteroatoms. The summed E-state index contributed by atoms with van der Waals surface area (Å²) in [5.74, 6) is 0.826. The first kappa shape index (κ1) is 9.96. The van der Waals surface area contributed by atoms with Crippen LogP contribution in [-0.4, -0.2) is 17.7 Å². The van der Waals surface area contributed by atoms with E-state index in [2.05, 4.69) is 37.1 Å². The molecule has 0 N–H and O–H groups in total. The molecule has 2 rings (SSSR count). The fourth-order valence-electron chi connectivity index (χ4n) is 2.00. The normalized spacial score (nSPS) is 22.1. The zero-order valence-electron chi connectivity index (χ0n) is 9.67. The Morgan fingerprint density at radius 3 is 2.79 bits per heavy atom. The van der Waals surface area contributed by atoms with E-state index in [9.17, 15) is 0 Å². The van der Waals surface area contributed by atoms with Crippen LogP contribution in [0.1, 0.15) is 24.6 Å². The molecule has 78 valence electrons. The minimum atomic E-state index is -1.27. The summed E-state index contributed by atoms with van der Waals surface area (Å²) in [6.07, 6.45) is 6.06. The molecule has 1 aromatic heterocycles. The number of aromatic nitrogens is 2. The first-order valence-corrected chi connectivity index (χ1v) is 8.99. The maximum atomic E-state index is 4.75. The summed E-state index contributed by atoms with van der Waals surface area (Å²) < 4.78 is 2.26. The van der Waals surface area contributed by atoms with Gasteiger partial charge in [-0.05, 0) is 50.4 Å². The molecule has 1 atom stereocenters. The predicted molar refractivity (Wildman–Crippen MR) is 62.2 cm³/mol. The zero-order chi connectivity index (χ0) is 10.3. The number of aryl methyl sites for hydroxylation is 1. The minimum Gasteiger partial charge on any atom is -0.301 e. The molecule has 0 saturated carbocycles. The first-order valence-electron chi connectivity index (χ1n) is 5.55. The van der Waals surface area contributed by atoms with Crippen molar-refractivity contribution >= 4 is 8.24 Å². The van der Waals surface area contributed by atoms with Crippen molar-refractivity contribution in [2.45, 2.75) is 45.8 Å². The van der Waals surface area contributed by atoms with E-state index in [4.69, 9.17) is 5.10 Å². The Hall–Kier alpha value is -0.573. The molecule has 1 unspecified atom stereocenters. The lowest BCUT2D eigenvalue weighted by molar-refractivity contribution is 0.495. The predicted octanol–water partition coefficient (Wildman–Crippen LogP) is 2.69. The van der Waals surface area contributed by atoms with Crippen LogP contribution in [-0.2, 0) is 12.8 Å². The molecule has 0 aliphatic heterocycles. The number of hydrogen-bond acceptors (Lipinski definition) is 1. The van der Waals surface area contributed by atoms with Gasteiger partial charge in [-0.25, -0.2) is 0 Å². The average molecular weight is 208 g/mol. The van der Waals surface area contributed by atoms with Crippen molar-refractivity contribution in [2.75, 3.05) is 0 Å². The number of fused-ring (bicyclic) bond motifs is 1. The summed E-state index contributed by atoms with van der Waals surface area (Å²) in [5, 5.41) is 4.75. The van der Waals surface area contributed by atoms with Gasteiger partial charge in [0.1, 0.15) is 0 Å². The largest absolute Gasteiger partial charge is 0.301 e. The summed E-state index contributed by atoms with van der Waals surface area (Å²) in [7, 11) is -1.27. The smallest absolute Gasteiger partial charge is 0.175 e. The maximum absolute atomic E-state index is 4.75. The Labute approximate surface area is 87.4 Å². The number of hydrogen-bond donors (Lipinski definition) is 0. The molecular weight excluding hydrogens is 188 g/mol. The van der Waals surface area contributed by atoms with Crippen LogP contribution in [0.4, 0.5) is 0 Å². The van der Waals surface area contributed by atoms with Crippen molar-refractivity contribution in [3.63, 3.8) is 0 Å². The second kappa shape index (κ2) is 3.23. The Kier molecular flexibility index (Phi) is 2.30. The van der Waals surface area contributed by atoms with Gasteiger partial charge < -0.3 is 4.35 Å². The van der Waals surface area contributed by atoms with Gasteiger partial charge in [-0.2, -0.15) is 5.10 Å². The Morgan fingerprint density at radius 2 is 2.14 bits per heavy atom. The molecule has 0 radical (unpaired) electrons. The van der Waals surface area contributed by atoms with E-state index in [1.807, 2.05) is 0 Å². The van der Waals surface area contributed by atoms with Crippen LogP contribution in [0.5, 0.6) is 0 Å². The minimum absolute atomic E-state index is 0.826. The second-order valence-corrected chi connectivity index (χ2v) is 10.4. The topological polar surface area (TPSA) is 17.8 Å². The maximum Gasteiger partial charge on any atom is 0.175 e. The lowest BCUT2D eigenvalue weighted by Gasteiger charge is -2.16. The average Bonchev–Trinajstić information content (AvgIpc) is 2.45. The highest BCUT2D eigenvalue weighted by Gasteiger charge is 2.23. The van der Waals surface area contributed by atoms with Gasteiger partial charge in [0.15, 0.2) is 8.24 Å². The lowest BCUT2D eigenvalue weighted by atomic mass is 9.90. The van der Waals surface area contributed by atoms with Crippen molar-refractivity contribution in [1.82, 2.24) is 9.45 Å². The molecule has 1 aromatic rings. The molecule has 1 heterocycles. The van der Waals surface area contributed by atoms with E-state index in [0.29, 0.717) is 0 Å². The highest BCUT2D eigenvalue weighted by molar-refractivity contribution is 6.74. The lowest BCUT2D eigenvalue weighted by Crippen LogP contribution is -2.32. The van der Waals surface area contributed by atoms with E-state index in [1.54, 1.807) is 0 Å². The Balaban J connectivity index is 2.32. The summed E-state index contributed by atoms with van der Waals surface area (Å²) in [5.41, 5.74) is 2.87. The second-order valence-electron chi connectivity index (χ2n) is 5.56. The number of rotatable bonds is 1. The van der Waals surface area contributed by atoms with Gasteiger partial charge in [0.05, 0.1) is 5.69 Å². The Morgan fingerprint density at radius 1 is 1.43 bits per heavy atom. The van der Waals surface area contributed by atoms with Gasteiger partial charge in [-0.1, -0.05) is 6.92 Å². The standard InChI is InChI=1S/C11H20N2Si/c1-9-5-6-10-8-13(14(2,3)4)12-11(10)7-9/h8-9H,5-7H2,1-4H3. The molecule has 0 aromatic carbocycles. The van der Waals surface area contributed by atoms with Crippen molar-refractivity contribution in [3.05, 3.63) is 17.5 Å².